The van der Waals surface area contributed by atoms with Gasteiger partial charge in [0.15, 0.2) is 0 Å². The van der Waals surface area contributed by atoms with Crippen molar-refractivity contribution in [3.8, 4) is 0 Å². The van der Waals surface area contributed by atoms with E-state index in [0.717, 1.165) is 38.3 Å². The molecule has 34 heavy (non-hydrogen) atoms. The highest BCUT2D eigenvalue weighted by atomic mass is 32.2. The lowest BCUT2D eigenvalue weighted by Gasteiger charge is -2.33. The second kappa shape index (κ2) is 12.3. The first-order valence-electron chi connectivity index (χ1n) is 11.9. The van der Waals surface area contributed by atoms with E-state index in [-0.39, 0.29) is 10.8 Å². The number of hydrogen-bond donors (Lipinski definition) is 1. The predicted octanol–water partition coefficient (Wildman–Crippen LogP) is 3.30. The summed E-state index contributed by atoms with van der Waals surface area (Å²) >= 11 is 0. The number of anilines is 1. The first kappa shape index (κ1) is 26.1. The minimum atomic E-state index is -3.57. The lowest BCUT2D eigenvalue weighted by molar-refractivity contribution is -0.117. The third kappa shape index (κ3) is 6.99. The van der Waals surface area contributed by atoms with Gasteiger partial charge in [0.05, 0.1) is 11.4 Å². The number of nitrogens with one attached hydrogen (secondary N) is 1. The zero-order chi connectivity index (χ0) is 24.6. The summed E-state index contributed by atoms with van der Waals surface area (Å²) in [7, 11) is -3.57. The Bertz CT molecular complexity index is 1070. The molecule has 0 bridgehead atoms. The van der Waals surface area contributed by atoms with Crippen LogP contribution in [0.15, 0.2) is 59.5 Å². The molecule has 2 aromatic rings. The number of piperazine rings is 1. The van der Waals surface area contributed by atoms with Crippen LogP contribution >= 0.6 is 0 Å². The minimum absolute atomic E-state index is 0.127. The summed E-state index contributed by atoms with van der Waals surface area (Å²) in [5, 5.41) is 2.92. The molecule has 0 radical (unpaired) electrons. The van der Waals surface area contributed by atoms with Crippen molar-refractivity contribution in [3.05, 3.63) is 65.7 Å². The first-order valence-corrected chi connectivity index (χ1v) is 13.3. The first-order chi connectivity index (χ1) is 16.3. The third-order valence-electron chi connectivity index (χ3n) is 6.13. The average molecular weight is 485 g/mol. The van der Waals surface area contributed by atoms with Gasteiger partial charge in [-0.25, -0.2) is 8.42 Å². The maximum absolute atomic E-state index is 12.8. The van der Waals surface area contributed by atoms with Crippen molar-refractivity contribution in [2.24, 2.45) is 0 Å². The fourth-order valence-corrected chi connectivity index (χ4v) is 5.52. The van der Waals surface area contributed by atoms with Crippen LogP contribution in [0.5, 0.6) is 0 Å². The van der Waals surface area contributed by atoms with Gasteiger partial charge in [-0.2, -0.15) is 4.31 Å². The summed E-state index contributed by atoms with van der Waals surface area (Å²) < 4.78 is 27.1. The van der Waals surface area contributed by atoms with E-state index < -0.39 is 10.0 Å². The van der Waals surface area contributed by atoms with Crippen LogP contribution in [0, 0.1) is 6.92 Å². The Morgan fingerprint density at radius 3 is 2.29 bits per heavy atom. The van der Waals surface area contributed by atoms with E-state index >= 15 is 0 Å². The number of benzene rings is 2. The number of sulfonamides is 1. The van der Waals surface area contributed by atoms with Crippen molar-refractivity contribution < 1.29 is 13.2 Å². The molecule has 3 rings (SSSR count). The molecule has 8 heteroatoms. The fourth-order valence-electron chi connectivity index (χ4n) is 4.03. The van der Waals surface area contributed by atoms with Gasteiger partial charge in [0.25, 0.3) is 0 Å². The Kier molecular flexibility index (Phi) is 9.41. The molecule has 1 amide bonds. The highest BCUT2D eigenvalue weighted by molar-refractivity contribution is 7.89. The zero-order valence-electron chi connectivity index (χ0n) is 20.4. The highest BCUT2D eigenvalue weighted by Crippen LogP contribution is 2.23. The van der Waals surface area contributed by atoms with E-state index in [2.05, 4.69) is 39.4 Å². The molecule has 0 aliphatic carbocycles. The molecule has 184 valence electrons. The van der Waals surface area contributed by atoms with Gasteiger partial charge in [-0.3, -0.25) is 14.6 Å². The van der Waals surface area contributed by atoms with Gasteiger partial charge in [-0.15, -0.1) is 0 Å². The SMILES string of the molecule is CCN(CC)S(=O)(=O)c1ccc(C)c(NC(=O)CN2CCN(CC=Cc3ccccc3)CC2)c1. The fraction of sp³-hybridized carbons (Fsp3) is 0.423. The molecule has 0 unspecified atom stereocenters. The quantitative estimate of drug-likeness (QED) is 0.560. The van der Waals surface area contributed by atoms with Crippen molar-refractivity contribution in [1.82, 2.24) is 14.1 Å². The molecule has 7 nitrogen and oxygen atoms in total. The minimum Gasteiger partial charge on any atom is -0.325 e. The summed E-state index contributed by atoms with van der Waals surface area (Å²) in [4.78, 5) is 17.4. The smallest absolute Gasteiger partial charge is 0.243 e. The Labute approximate surface area is 204 Å². The maximum Gasteiger partial charge on any atom is 0.243 e. The molecular formula is C26H36N4O3S. The van der Waals surface area contributed by atoms with Gasteiger partial charge in [0.2, 0.25) is 15.9 Å². The number of hydrogen-bond acceptors (Lipinski definition) is 5. The lowest BCUT2D eigenvalue weighted by Crippen LogP contribution is -2.48. The Morgan fingerprint density at radius 1 is 1.00 bits per heavy atom. The standard InChI is InChI=1S/C26H36N4O3S/c1-4-30(5-2)34(32,33)24-14-13-22(3)25(20-24)27-26(31)21-29-18-16-28(17-19-29)15-9-12-23-10-7-6-8-11-23/h6-14,20H,4-5,15-19,21H2,1-3H3,(H,27,31). The van der Waals surface area contributed by atoms with E-state index in [9.17, 15) is 13.2 Å². The lowest BCUT2D eigenvalue weighted by atomic mass is 10.2. The van der Waals surface area contributed by atoms with Crippen LogP contribution < -0.4 is 5.32 Å². The van der Waals surface area contributed by atoms with Gasteiger partial charge < -0.3 is 5.32 Å². The molecular weight excluding hydrogens is 448 g/mol. The van der Waals surface area contributed by atoms with E-state index in [1.807, 2.05) is 39.0 Å². The Morgan fingerprint density at radius 2 is 1.65 bits per heavy atom. The van der Waals surface area contributed by atoms with Crippen molar-refractivity contribution in [1.29, 1.82) is 0 Å². The normalized spacial score (nSPS) is 15.8. The van der Waals surface area contributed by atoms with Crippen LogP contribution in [-0.2, 0) is 14.8 Å². The summed E-state index contributed by atoms with van der Waals surface area (Å²) in [5.74, 6) is -0.127. The largest absolute Gasteiger partial charge is 0.325 e. The van der Waals surface area contributed by atoms with Gasteiger partial charge in [0, 0.05) is 51.5 Å². The molecule has 0 aromatic heterocycles. The summed E-state index contributed by atoms with van der Waals surface area (Å²) in [5.41, 5.74) is 2.58. The van der Waals surface area contributed by atoms with Crippen molar-refractivity contribution in [2.45, 2.75) is 25.7 Å². The van der Waals surface area contributed by atoms with Crippen LogP contribution in [0.25, 0.3) is 6.08 Å². The Hall–Kier alpha value is -2.52. The molecule has 1 saturated heterocycles. The second-order valence-corrected chi connectivity index (χ2v) is 10.4. The van der Waals surface area contributed by atoms with E-state index in [0.29, 0.717) is 25.3 Å². The number of aryl methyl sites for hydroxylation is 1. The Balaban J connectivity index is 1.51. The second-order valence-electron chi connectivity index (χ2n) is 8.50. The van der Waals surface area contributed by atoms with Crippen LogP contribution in [0.2, 0.25) is 0 Å². The zero-order valence-corrected chi connectivity index (χ0v) is 21.2. The van der Waals surface area contributed by atoms with Crippen LogP contribution in [-0.4, -0.2) is 80.8 Å². The topological polar surface area (TPSA) is 73.0 Å². The number of rotatable bonds is 10. The summed E-state index contributed by atoms with van der Waals surface area (Å²) in [6.45, 7) is 10.9. The van der Waals surface area contributed by atoms with Crippen molar-refractivity contribution in [2.75, 3.05) is 57.7 Å². The third-order valence-corrected chi connectivity index (χ3v) is 8.18. The van der Waals surface area contributed by atoms with Crippen LogP contribution in [0.1, 0.15) is 25.0 Å². The van der Waals surface area contributed by atoms with Gasteiger partial charge >= 0.3 is 0 Å². The molecule has 0 spiro atoms. The number of carbonyl (C=O) groups is 1. The van der Waals surface area contributed by atoms with Crippen LogP contribution in [0.3, 0.4) is 0 Å². The predicted molar refractivity (Wildman–Crippen MR) is 138 cm³/mol. The van der Waals surface area contributed by atoms with Crippen molar-refractivity contribution >= 4 is 27.7 Å². The van der Waals surface area contributed by atoms with Crippen molar-refractivity contribution in [3.63, 3.8) is 0 Å². The molecule has 0 saturated carbocycles. The molecule has 0 atom stereocenters. The monoisotopic (exact) mass is 484 g/mol. The van der Waals surface area contributed by atoms with Gasteiger partial charge in [-0.05, 0) is 30.2 Å². The van der Waals surface area contributed by atoms with E-state index in [1.165, 1.54) is 9.87 Å². The molecule has 1 aliphatic rings. The van der Waals surface area contributed by atoms with E-state index in [4.69, 9.17) is 0 Å². The molecule has 2 aromatic carbocycles. The molecule has 1 N–H and O–H groups in total. The van der Waals surface area contributed by atoms with Gasteiger partial charge in [0.1, 0.15) is 0 Å². The molecule has 1 aliphatic heterocycles. The van der Waals surface area contributed by atoms with E-state index in [1.54, 1.807) is 18.2 Å². The molecule has 1 fully saturated rings. The highest BCUT2D eigenvalue weighted by Gasteiger charge is 2.23. The van der Waals surface area contributed by atoms with Gasteiger partial charge in [-0.1, -0.05) is 62.4 Å². The number of carbonyl (C=O) groups excluding carboxylic acids is 1. The summed E-state index contributed by atoms with van der Waals surface area (Å²) in [6, 6.07) is 15.2. The maximum atomic E-state index is 12.8. The number of amides is 1. The van der Waals surface area contributed by atoms with Crippen LogP contribution in [0.4, 0.5) is 5.69 Å². The number of nitrogens with zero attached hydrogens (tertiary/aromatic N) is 3. The average Bonchev–Trinajstić information content (AvgIpc) is 2.83. The summed E-state index contributed by atoms with van der Waals surface area (Å²) in [6.07, 6.45) is 4.32. The molecule has 1 heterocycles.